The minimum absolute atomic E-state index is 0.0148. The molecule has 10 nitrogen and oxygen atoms in total. The molecule has 10 heteroatoms. The number of ether oxygens (including phenoxy) is 2. The van der Waals surface area contributed by atoms with Crippen molar-refractivity contribution in [2.24, 2.45) is 0 Å². The van der Waals surface area contributed by atoms with E-state index in [9.17, 15) is 30.0 Å². The molecule has 0 aliphatic rings. The highest BCUT2D eigenvalue weighted by Crippen LogP contribution is 2.46. The molecule has 0 aliphatic heterocycles. The number of phenols is 4. The summed E-state index contributed by atoms with van der Waals surface area (Å²) < 4.78 is 22.8. The van der Waals surface area contributed by atoms with Crippen LogP contribution in [0.2, 0.25) is 0 Å². The summed E-state index contributed by atoms with van der Waals surface area (Å²) >= 11 is 0. The molecule has 2 heterocycles. The predicted octanol–water partition coefficient (Wildman–Crippen LogP) is 5.74. The number of hydrogen-bond donors (Lipinski definition) is 4. The molecule has 0 fully saturated rings. The van der Waals surface area contributed by atoms with Crippen LogP contribution in [0.25, 0.3) is 55.7 Å². The smallest absolute Gasteiger partial charge is 0.197 e. The van der Waals surface area contributed by atoms with Gasteiger partial charge in [0.2, 0.25) is 0 Å². The van der Waals surface area contributed by atoms with E-state index < -0.39 is 22.4 Å². The van der Waals surface area contributed by atoms with Crippen molar-refractivity contribution >= 4 is 21.9 Å². The van der Waals surface area contributed by atoms with E-state index in [1.807, 2.05) is 0 Å². The van der Waals surface area contributed by atoms with Gasteiger partial charge in [0.15, 0.2) is 16.4 Å². The third-order valence-electron chi connectivity index (χ3n) is 6.88. The van der Waals surface area contributed by atoms with Crippen molar-refractivity contribution < 1.29 is 38.7 Å². The molecule has 4 aromatic carbocycles. The monoisotopic (exact) mass is 566 g/mol. The molecule has 0 aliphatic carbocycles. The molecule has 0 atom stereocenters. The minimum atomic E-state index is -0.567. The van der Waals surface area contributed by atoms with Gasteiger partial charge in [0.25, 0.3) is 0 Å². The molecule has 42 heavy (non-hydrogen) atoms. The Bertz CT molecular complexity index is 2140. The van der Waals surface area contributed by atoms with Gasteiger partial charge < -0.3 is 38.7 Å². The van der Waals surface area contributed by atoms with Crippen LogP contribution in [-0.2, 0) is 0 Å². The first kappa shape index (κ1) is 26.3. The zero-order valence-electron chi connectivity index (χ0n) is 22.2. The molecule has 0 unspecified atom stereocenters. The van der Waals surface area contributed by atoms with E-state index in [4.69, 9.17) is 18.3 Å². The zero-order chi connectivity index (χ0) is 29.7. The number of benzene rings is 4. The van der Waals surface area contributed by atoms with Crippen LogP contribution in [0.1, 0.15) is 0 Å². The van der Waals surface area contributed by atoms with E-state index in [1.165, 1.54) is 50.6 Å². The largest absolute Gasteiger partial charge is 0.508 e. The second kappa shape index (κ2) is 9.93. The summed E-state index contributed by atoms with van der Waals surface area (Å²) in [6.07, 6.45) is 0. The molecule has 0 amide bonds. The summed E-state index contributed by atoms with van der Waals surface area (Å²) in [6.45, 7) is 0. The van der Waals surface area contributed by atoms with Crippen LogP contribution < -0.4 is 20.3 Å². The van der Waals surface area contributed by atoms with Gasteiger partial charge in [-0.2, -0.15) is 0 Å². The number of phenolic OH excluding ortho intramolecular Hbond substituents is 4. The molecule has 0 spiro atoms. The van der Waals surface area contributed by atoms with E-state index >= 15 is 0 Å². The van der Waals surface area contributed by atoms with Crippen LogP contribution in [0.4, 0.5) is 0 Å². The maximum absolute atomic E-state index is 13.2. The van der Waals surface area contributed by atoms with E-state index in [-0.39, 0.29) is 67.6 Å². The molecule has 6 rings (SSSR count). The molecule has 2 aromatic heterocycles. The van der Waals surface area contributed by atoms with Crippen LogP contribution in [0, 0.1) is 0 Å². The SMILES string of the molecule is COc1cc(O)c2c(=O)cc(-c3ccc(OC)c(-c4c(O)cc(O)c5c(=O)cc(-c6ccc(O)cc6)oc45)c3)oc2c1. The summed E-state index contributed by atoms with van der Waals surface area (Å²) in [5.74, 6) is -0.330. The fraction of sp³-hybridized carbons (Fsp3) is 0.0625. The number of aromatic hydroxyl groups is 4. The van der Waals surface area contributed by atoms with Gasteiger partial charge in [-0.05, 0) is 42.5 Å². The third kappa shape index (κ3) is 4.31. The van der Waals surface area contributed by atoms with E-state index in [2.05, 4.69) is 0 Å². The van der Waals surface area contributed by atoms with Gasteiger partial charge in [0, 0.05) is 47.0 Å². The normalized spacial score (nSPS) is 11.2. The van der Waals surface area contributed by atoms with Gasteiger partial charge in [-0.3, -0.25) is 9.59 Å². The molecule has 4 N–H and O–H groups in total. The summed E-state index contributed by atoms with van der Waals surface area (Å²) in [5.41, 5.74) is 0.0835. The lowest BCUT2D eigenvalue weighted by Crippen LogP contribution is -2.03. The van der Waals surface area contributed by atoms with Crippen molar-refractivity contribution in [2.75, 3.05) is 14.2 Å². The quantitative estimate of drug-likeness (QED) is 0.203. The first-order valence-electron chi connectivity index (χ1n) is 12.5. The summed E-state index contributed by atoms with van der Waals surface area (Å²) in [6, 6.07) is 17.0. The summed E-state index contributed by atoms with van der Waals surface area (Å²) in [7, 11) is 2.83. The Morgan fingerprint density at radius 1 is 0.619 bits per heavy atom. The molecule has 0 bridgehead atoms. The zero-order valence-corrected chi connectivity index (χ0v) is 22.2. The summed E-state index contributed by atoms with van der Waals surface area (Å²) in [5, 5.41) is 41.5. The van der Waals surface area contributed by atoms with Gasteiger partial charge >= 0.3 is 0 Å². The number of hydrogen-bond acceptors (Lipinski definition) is 10. The fourth-order valence-electron chi connectivity index (χ4n) is 4.89. The lowest BCUT2D eigenvalue weighted by atomic mass is 9.96. The number of fused-ring (bicyclic) bond motifs is 2. The number of rotatable bonds is 5. The van der Waals surface area contributed by atoms with Crippen molar-refractivity contribution in [3.8, 4) is 68.3 Å². The second-order valence-electron chi connectivity index (χ2n) is 9.43. The lowest BCUT2D eigenvalue weighted by molar-refractivity contribution is 0.408. The van der Waals surface area contributed by atoms with Crippen molar-refractivity contribution in [2.45, 2.75) is 0 Å². The Kier molecular flexibility index (Phi) is 6.23. The molecule has 0 saturated carbocycles. The van der Waals surface area contributed by atoms with Crippen LogP contribution >= 0.6 is 0 Å². The van der Waals surface area contributed by atoms with Crippen molar-refractivity contribution in [3.05, 3.63) is 93.2 Å². The second-order valence-corrected chi connectivity index (χ2v) is 9.43. The maximum Gasteiger partial charge on any atom is 0.197 e. The highest BCUT2D eigenvalue weighted by molar-refractivity contribution is 6.01. The van der Waals surface area contributed by atoms with Crippen molar-refractivity contribution in [1.82, 2.24) is 0 Å². The van der Waals surface area contributed by atoms with Crippen LogP contribution in [0.5, 0.6) is 34.5 Å². The lowest BCUT2D eigenvalue weighted by Gasteiger charge is -2.15. The minimum Gasteiger partial charge on any atom is -0.508 e. The molecule has 210 valence electrons. The fourth-order valence-corrected chi connectivity index (χ4v) is 4.89. The number of methoxy groups -OCH3 is 2. The van der Waals surface area contributed by atoms with Crippen LogP contribution in [0.3, 0.4) is 0 Å². The van der Waals surface area contributed by atoms with Gasteiger partial charge in [-0.1, -0.05) is 0 Å². The molecule has 0 saturated heterocycles. The summed E-state index contributed by atoms with van der Waals surface area (Å²) in [4.78, 5) is 26.1. The van der Waals surface area contributed by atoms with Crippen LogP contribution in [-0.4, -0.2) is 34.6 Å². The van der Waals surface area contributed by atoms with Crippen molar-refractivity contribution in [1.29, 1.82) is 0 Å². The Balaban J connectivity index is 1.62. The third-order valence-corrected chi connectivity index (χ3v) is 6.88. The topological polar surface area (TPSA) is 160 Å². The molecule has 0 radical (unpaired) electrons. The molecule has 6 aromatic rings. The Labute approximate surface area is 236 Å². The van der Waals surface area contributed by atoms with E-state index in [1.54, 1.807) is 30.3 Å². The van der Waals surface area contributed by atoms with E-state index in [0.29, 0.717) is 11.1 Å². The average Bonchev–Trinajstić information content (AvgIpc) is 2.96. The standard InChI is InChI=1S/C32H22O10/c1-39-18-10-20(34)30-23(37)13-27(41-28(30)11-18)16-5-8-25(40-2)19(9-16)29-21(35)12-22(36)31-24(38)14-26(42-32(29)31)15-3-6-17(33)7-4-15/h3-14,33-36H,1-2H3. The highest BCUT2D eigenvalue weighted by atomic mass is 16.5. The van der Waals surface area contributed by atoms with Crippen molar-refractivity contribution in [3.63, 3.8) is 0 Å². The first-order chi connectivity index (χ1) is 20.2. The Hall–Kier alpha value is -5.90. The van der Waals surface area contributed by atoms with Gasteiger partial charge in [0.05, 0.1) is 19.8 Å². The van der Waals surface area contributed by atoms with Gasteiger partial charge in [-0.15, -0.1) is 0 Å². The molecular weight excluding hydrogens is 544 g/mol. The highest BCUT2D eigenvalue weighted by Gasteiger charge is 2.23. The van der Waals surface area contributed by atoms with Gasteiger partial charge in [-0.25, -0.2) is 0 Å². The maximum atomic E-state index is 13.2. The molecular formula is C32H22O10. The predicted molar refractivity (Wildman–Crippen MR) is 155 cm³/mol. The van der Waals surface area contributed by atoms with E-state index in [0.717, 1.165) is 6.07 Å². The average molecular weight is 567 g/mol. The van der Waals surface area contributed by atoms with Gasteiger partial charge in [0.1, 0.15) is 62.4 Å². The van der Waals surface area contributed by atoms with Crippen LogP contribution in [0.15, 0.2) is 91.2 Å². The first-order valence-corrected chi connectivity index (χ1v) is 12.5. The Morgan fingerprint density at radius 3 is 1.95 bits per heavy atom. The Morgan fingerprint density at radius 2 is 1.26 bits per heavy atom.